The number of hydrogen-bond donors (Lipinski definition) is 6. The molecule has 0 amide bonds. The quantitative estimate of drug-likeness (QED) is 0.264. The van der Waals surface area contributed by atoms with Crippen LogP contribution in [0.4, 0.5) is 0 Å². The van der Waals surface area contributed by atoms with Crippen molar-refractivity contribution in [2.45, 2.75) is 26.2 Å². The molecular weight excluding hydrogens is 252 g/mol. The second-order valence-electron chi connectivity index (χ2n) is 3.40. The third-order valence-electron chi connectivity index (χ3n) is 1.79. The Morgan fingerprint density at radius 2 is 1.94 bits per heavy atom. The number of halogens is 1. The van der Waals surface area contributed by atoms with Gasteiger partial charge in [0.25, 0.3) is 0 Å². The monoisotopic (exact) mass is 274 g/mol. The molecule has 0 saturated heterocycles. The Hall–Kier alpha value is -1.69. The van der Waals surface area contributed by atoms with Crippen LogP contribution in [0, 0.1) is 10.8 Å². The first-order valence-electron chi connectivity index (χ1n) is 5.66. The zero-order valence-corrected chi connectivity index (χ0v) is 11.4. The van der Waals surface area contributed by atoms with Gasteiger partial charge in [-0.2, -0.15) is 0 Å². The normalized spacial score (nSPS) is 11.2. The number of nitrogens with two attached hydrogens (primary N) is 1. The maximum absolute atomic E-state index is 7.15. The average molecular weight is 275 g/mol. The van der Waals surface area contributed by atoms with Gasteiger partial charge in [-0.25, -0.2) is 0 Å². The molecule has 1 rings (SSSR count). The van der Waals surface area contributed by atoms with Gasteiger partial charge in [0.1, 0.15) is 0 Å². The van der Waals surface area contributed by atoms with Gasteiger partial charge in [-0.1, -0.05) is 25.5 Å². The molecule has 0 fully saturated rings. The van der Waals surface area contributed by atoms with Crippen molar-refractivity contribution in [1.82, 2.24) is 16.0 Å². The minimum Gasteiger partial charge on any atom is -0.370 e. The number of dihydropyridines is 1. The number of guanidine groups is 2. The first-order chi connectivity index (χ1) is 8.16. The molecule has 0 unspecified atom stereocenters. The molecular formula is C11H23ClN6. The zero-order chi connectivity index (χ0) is 12.9. The van der Waals surface area contributed by atoms with Crippen LogP contribution in [0.3, 0.4) is 0 Å². The zero-order valence-electron chi connectivity index (χ0n) is 10.6. The molecule has 0 aliphatic carbocycles. The molecule has 7 N–H and O–H groups in total. The Balaban J connectivity index is 0. The molecule has 0 aromatic heterocycles. The summed E-state index contributed by atoms with van der Waals surface area (Å²) in [7, 11) is 0. The molecule has 1 heterocycles. The summed E-state index contributed by atoms with van der Waals surface area (Å²) in [4.78, 5) is 0. The van der Waals surface area contributed by atoms with Gasteiger partial charge in [0.2, 0.25) is 0 Å². The van der Waals surface area contributed by atoms with Crippen molar-refractivity contribution in [3.05, 3.63) is 24.6 Å². The highest BCUT2D eigenvalue weighted by atomic mass is 35.5. The van der Waals surface area contributed by atoms with Crippen molar-refractivity contribution in [3.63, 3.8) is 0 Å². The van der Waals surface area contributed by atoms with Crippen molar-refractivity contribution >= 4 is 24.3 Å². The predicted molar refractivity (Wildman–Crippen MR) is 79.0 cm³/mol. The minimum atomic E-state index is -0.209. The van der Waals surface area contributed by atoms with Crippen LogP contribution in [-0.4, -0.2) is 18.5 Å². The van der Waals surface area contributed by atoms with E-state index in [0.717, 1.165) is 25.8 Å². The molecule has 0 bridgehead atoms. The fourth-order valence-corrected chi connectivity index (χ4v) is 0.975. The van der Waals surface area contributed by atoms with E-state index in [0.29, 0.717) is 0 Å². The molecule has 0 radical (unpaired) electrons. The van der Waals surface area contributed by atoms with E-state index < -0.39 is 0 Å². The van der Waals surface area contributed by atoms with Crippen LogP contribution in [0.15, 0.2) is 24.6 Å². The molecule has 1 aliphatic heterocycles. The Kier molecular flexibility index (Phi) is 13.9. The van der Waals surface area contributed by atoms with Gasteiger partial charge in [-0.15, -0.1) is 12.4 Å². The smallest absolute Gasteiger partial charge is 0.195 e. The third-order valence-corrected chi connectivity index (χ3v) is 1.79. The first-order valence-corrected chi connectivity index (χ1v) is 5.66. The highest BCUT2D eigenvalue weighted by Gasteiger charge is 1.93. The van der Waals surface area contributed by atoms with Crippen LogP contribution in [0.25, 0.3) is 0 Å². The number of allylic oxidation sites excluding steroid dienone is 2. The lowest BCUT2D eigenvalue weighted by atomic mass is 10.3. The molecule has 7 heteroatoms. The van der Waals surface area contributed by atoms with Gasteiger partial charge in [0, 0.05) is 6.54 Å². The Morgan fingerprint density at radius 3 is 2.28 bits per heavy atom. The molecule has 0 saturated carbocycles. The summed E-state index contributed by atoms with van der Waals surface area (Å²) in [6.45, 7) is 2.82. The van der Waals surface area contributed by atoms with E-state index in [-0.39, 0.29) is 24.3 Å². The summed E-state index contributed by atoms with van der Waals surface area (Å²) in [5.41, 5.74) is 4.99. The third kappa shape index (κ3) is 14.3. The van der Waals surface area contributed by atoms with Crippen LogP contribution < -0.4 is 21.7 Å². The van der Waals surface area contributed by atoms with Crippen molar-refractivity contribution in [2.24, 2.45) is 5.73 Å². The predicted octanol–water partition coefficient (Wildman–Crippen LogP) is 1.22. The Labute approximate surface area is 115 Å². The number of nitrogens with one attached hydrogen (secondary N) is 5. The van der Waals surface area contributed by atoms with Crippen molar-refractivity contribution < 1.29 is 0 Å². The summed E-state index contributed by atoms with van der Waals surface area (Å²) < 4.78 is 0. The van der Waals surface area contributed by atoms with Gasteiger partial charge in [0.15, 0.2) is 11.9 Å². The van der Waals surface area contributed by atoms with Crippen molar-refractivity contribution in [2.75, 3.05) is 6.54 Å². The van der Waals surface area contributed by atoms with E-state index in [4.69, 9.17) is 16.6 Å². The van der Waals surface area contributed by atoms with E-state index in [1.54, 1.807) is 0 Å². The lowest BCUT2D eigenvalue weighted by Crippen LogP contribution is -2.43. The topological polar surface area (TPSA) is 110 Å². The van der Waals surface area contributed by atoms with Gasteiger partial charge in [-0.05, 0) is 25.2 Å². The summed E-state index contributed by atoms with van der Waals surface area (Å²) in [6, 6.07) is 0. The van der Waals surface area contributed by atoms with Gasteiger partial charge in [-0.3, -0.25) is 16.1 Å². The second kappa shape index (κ2) is 13.4. The van der Waals surface area contributed by atoms with Crippen LogP contribution in [-0.2, 0) is 0 Å². The average Bonchev–Trinajstić information content (AvgIpc) is 2.31. The maximum Gasteiger partial charge on any atom is 0.195 e. The Bertz CT molecular complexity index is 267. The maximum atomic E-state index is 7.15. The molecule has 6 nitrogen and oxygen atoms in total. The van der Waals surface area contributed by atoms with E-state index >= 15 is 0 Å². The number of rotatable bonds is 3. The summed E-state index contributed by atoms with van der Waals surface area (Å²) in [5, 5.41) is 22.0. The number of hydrogen-bond acceptors (Lipinski definition) is 3. The SMILES string of the molecule is C1=CNC=CC1.CCCCNC(=N)NC(=N)N.Cl. The first kappa shape index (κ1) is 18.7. The lowest BCUT2D eigenvalue weighted by Gasteiger charge is -2.06. The standard InChI is InChI=1S/C6H15N5.C5H7N.ClH/c1-2-3-4-10-6(9)11-5(7)8;1-2-4-6-5-3-1;/h2-4H2,1H3,(H6,7,8,9,10,11);2-6H,1H2;1H. The highest BCUT2D eigenvalue weighted by Crippen LogP contribution is 1.86. The van der Waals surface area contributed by atoms with E-state index in [1.807, 2.05) is 12.4 Å². The molecule has 104 valence electrons. The highest BCUT2D eigenvalue weighted by molar-refractivity contribution is 5.94. The summed E-state index contributed by atoms with van der Waals surface area (Å²) in [6.07, 6.45) is 11.2. The summed E-state index contributed by atoms with van der Waals surface area (Å²) >= 11 is 0. The Morgan fingerprint density at radius 1 is 1.33 bits per heavy atom. The van der Waals surface area contributed by atoms with E-state index in [2.05, 4.69) is 35.0 Å². The summed E-state index contributed by atoms with van der Waals surface area (Å²) in [5.74, 6) is -0.120. The van der Waals surface area contributed by atoms with Crippen LogP contribution >= 0.6 is 12.4 Å². The van der Waals surface area contributed by atoms with Gasteiger partial charge >= 0.3 is 0 Å². The molecule has 0 atom stereocenters. The molecule has 0 aromatic rings. The fourth-order valence-electron chi connectivity index (χ4n) is 0.975. The van der Waals surface area contributed by atoms with Crippen LogP contribution in [0.1, 0.15) is 26.2 Å². The largest absolute Gasteiger partial charge is 0.370 e. The molecule has 1 aliphatic rings. The fraction of sp³-hybridized carbons (Fsp3) is 0.455. The van der Waals surface area contributed by atoms with Gasteiger partial charge in [0.05, 0.1) is 0 Å². The van der Waals surface area contributed by atoms with Crippen molar-refractivity contribution in [1.29, 1.82) is 10.8 Å². The number of unbranched alkanes of at least 4 members (excludes halogenated alkanes) is 1. The molecule has 0 aromatic carbocycles. The van der Waals surface area contributed by atoms with Crippen molar-refractivity contribution in [3.8, 4) is 0 Å². The van der Waals surface area contributed by atoms with E-state index in [1.165, 1.54) is 0 Å². The lowest BCUT2D eigenvalue weighted by molar-refractivity contribution is 0.744. The minimum absolute atomic E-state index is 0. The van der Waals surface area contributed by atoms with Gasteiger partial charge < -0.3 is 16.4 Å². The van der Waals surface area contributed by atoms with Crippen LogP contribution in [0.2, 0.25) is 0 Å². The van der Waals surface area contributed by atoms with Crippen LogP contribution in [0.5, 0.6) is 0 Å². The molecule has 0 spiro atoms. The second-order valence-corrected chi connectivity index (χ2v) is 3.40. The van der Waals surface area contributed by atoms with E-state index in [9.17, 15) is 0 Å². The molecule has 18 heavy (non-hydrogen) atoms.